The molecule has 0 bridgehead atoms. The lowest BCUT2D eigenvalue weighted by Gasteiger charge is -2.20. The van der Waals surface area contributed by atoms with Crippen molar-refractivity contribution in [3.8, 4) is 0 Å². The largest absolute Gasteiger partial charge is 0.313 e. The highest BCUT2D eigenvalue weighted by molar-refractivity contribution is 5.32. The quantitative estimate of drug-likeness (QED) is 0.822. The molecular formula is C19H25N. The molecular weight excluding hydrogens is 242 g/mol. The van der Waals surface area contributed by atoms with Crippen molar-refractivity contribution in [1.29, 1.82) is 0 Å². The van der Waals surface area contributed by atoms with Crippen LogP contribution in [0.5, 0.6) is 0 Å². The minimum absolute atomic E-state index is 0.388. The van der Waals surface area contributed by atoms with Crippen molar-refractivity contribution in [1.82, 2.24) is 5.32 Å². The summed E-state index contributed by atoms with van der Waals surface area (Å²) in [6.07, 6.45) is 3.23. The van der Waals surface area contributed by atoms with Crippen molar-refractivity contribution >= 4 is 0 Å². The summed E-state index contributed by atoms with van der Waals surface area (Å²) in [6.45, 7) is 4.42. The molecule has 0 aromatic heterocycles. The van der Waals surface area contributed by atoms with Crippen molar-refractivity contribution in [2.75, 3.05) is 7.05 Å². The Morgan fingerprint density at radius 2 is 1.50 bits per heavy atom. The molecule has 0 amide bonds. The summed E-state index contributed by atoms with van der Waals surface area (Å²) in [5.74, 6) is 0. The Morgan fingerprint density at radius 1 is 0.850 bits per heavy atom. The van der Waals surface area contributed by atoms with E-state index in [0.717, 1.165) is 19.3 Å². The van der Waals surface area contributed by atoms with Crippen molar-refractivity contribution < 1.29 is 0 Å². The van der Waals surface area contributed by atoms with Crippen molar-refractivity contribution in [3.63, 3.8) is 0 Å². The van der Waals surface area contributed by atoms with Gasteiger partial charge in [-0.1, -0.05) is 62.4 Å². The van der Waals surface area contributed by atoms with Crippen molar-refractivity contribution in [2.24, 2.45) is 0 Å². The molecule has 0 aliphatic heterocycles. The van der Waals surface area contributed by atoms with Crippen molar-refractivity contribution in [2.45, 2.75) is 39.2 Å². The van der Waals surface area contributed by atoms with Gasteiger partial charge in [-0.3, -0.25) is 0 Å². The number of benzene rings is 2. The number of hydrogen-bond acceptors (Lipinski definition) is 1. The van der Waals surface area contributed by atoms with Crippen LogP contribution in [0.25, 0.3) is 0 Å². The monoisotopic (exact) mass is 267 g/mol. The SMILES string of the molecule is CCc1ccc(CC(NC)c2ccccc2CC)cc1. The molecule has 20 heavy (non-hydrogen) atoms. The van der Waals surface area contributed by atoms with E-state index in [9.17, 15) is 0 Å². The first-order valence-corrected chi connectivity index (χ1v) is 7.61. The number of rotatable bonds is 6. The molecule has 0 radical (unpaired) electrons. The molecule has 1 N–H and O–H groups in total. The van der Waals surface area contributed by atoms with E-state index in [2.05, 4.69) is 74.7 Å². The molecule has 1 atom stereocenters. The average molecular weight is 267 g/mol. The molecule has 0 fully saturated rings. The molecule has 1 unspecified atom stereocenters. The van der Waals surface area contributed by atoms with Gasteiger partial charge >= 0.3 is 0 Å². The maximum absolute atomic E-state index is 3.47. The Balaban J connectivity index is 2.19. The van der Waals surface area contributed by atoms with Gasteiger partial charge in [-0.15, -0.1) is 0 Å². The first-order chi connectivity index (χ1) is 9.78. The van der Waals surface area contributed by atoms with E-state index in [4.69, 9.17) is 0 Å². The fourth-order valence-corrected chi connectivity index (χ4v) is 2.71. The second kappa shape index (κ2) is 7.25. The minimum atomic E-state index is 0.388. The van der Waals surface area contributed by atoms with Gasteiger partial charge in [-0.2, -0.15) is 0 Å². The lowest BCUT2D eigenvalue weighted by Crippen LogP contribution is -2.20. The van der Waals surface area contributed by atoms with Gasteiger partial charge in [-0.05, 0) is 48.6 Å². The van der Waals surface area contributed by atoms with Crippen LogP contribution in [0.2, 0.25) is 0 Å². The van der Waals surface area contributed by atoms with Crippen LogP contribution >= 0.6 is 0 Å². The molecule has 0 saturated carbocycles. The van der Waals surface area contributed by atoms with Crippen LogP contribution in [-0.2, 0) is 19.3 Å². The predicted molar refractivity (Wildman–Crippen MR) is 87.1 cm³/mol. The summed E-state index contributed by atoms with van der Waals surface area (Å²) in [5.41, 5.74) is 5.67. The van der Waals surface area contributed by atoms with Crippen LogP contribution in [0, 0.1) is 0 Å². The fourth-order valence-electron chi connectivity index (χ4n) is 2.71. The van der Waals surface area contributed by atoms with Gasteiger partial charge in [0.25, 0.3) is 0 Å². The molecule has 1 heteroatoms. The number of likely N-dealkylation sites (N-methyl/N-ethyl adjacent to an activating group) is 1. The smallest absolute Gasteiger partial charge is 0.0361 e. The Labute approximate surface area is 123 Å². The maximum Gasteiger partial charge on any atom is 0.0361 e. The molecule has 1 nitrogen and oxygen atoms in total. The van der Waals surface area contributed by atoms with E-state index < -0.39 is 0 Å². The Hall–Kier alpha value is -1.60. The van der Waals surface area contributed by atoms with Crippen LogP contribution < -0.4 is 5.32 Å². The molecule has 0 heterocycles. The Morgan fingerprint density at radius 3 is 2.10 bits per heavy atom. The average Bonchev–Trinajstić information content (AvgIpc) is 2.53. The number of hydrogen-bond donors (Lipinski definition) is 1. The minimum Gasteiger partial charge on any atom is -0.313 e. The molecule has 0 aliphatic rings. The van der Waals surface area contributed by atoms with E-state index in [-0.39, 0.29) is 0 Å². The molecule has 106 valence electrons. The van der Waals surface area contributed by atoms with Crippen LogP contribution in [-0.4, -0.2) is 7.05 Å². The molecule has 0 saturated heterocycles. The highest BCUT2D eigenvalue weighted by atomic mass is 14.9. The van der Waals surface area contributed by atoms with Gasteiger partial charge in [0.2, 0.25) is 0 Å². The summed E-state index contributed by atoms with van der Waals surface area (Å²) >= 11 is 0. The van der Waals surface area contributed by atoms with Crippen molar-refractivity contribution in [3.05, 3.63) is 70.8 Å². The van der Waals surface area contributed by atoms with E-state index in [0.29, 0.717) is 6.04 Å². The zero-order valence-corrected chi connectivity index (χ0v) is 12.8. The van der Waals surface area contributed by atoms with Crippen LogP contribution in [0.4, 0.5) is 0 Å². The summed E-state index contributed by atoms with van der Waals surface area (Å²) in [4.78, 5) is 0. The van der Waals surface area contributed by atoms with Gasteiger partial charge < -0.3 is 5.32 Å². The second-order valence-corrected chi connectivity index (χ2v) is 5.27. The fraction of sp³-hybridized carbons (Fsp3) is 0.368. The molecule has 0 aliphatic carbocycles. The van der Waals surface area contributed by atoms with E-state index >= 15 is 0 Å². The first-order valence-electron chi connectivity index (χ1n) is 7.61. The normalized spacial score (nSPS) is 12.3. The third kappa shape index (κ3) is 3.49. The molecule has 2 rings (SSSR count). The van der Waals surface area contributed by atoms with Gasteiger partial charge in [-0.25, -0.2) is 0 Å². The highest BCUT2D eigenvalue weighted by Crippen LogP contribution is 2.22. The topological polar surface area (TPSA) is 12.0 Å². The Bertz CT molecular complexity index is 528. The van der Waals surface area contributed by atoms with Crippen LogP contribution in [0.3, 0.4) is 0 Å². The standard InChI is InChI=1S/C19H25N/c1-4-15-10-12-16(13-11-15)14-19(20-3)18-9-7-6-8-17(18)5-2/h6-13,19-20H,4-5,14H2,1-3H3. The summed E-state index contributed by atoms with van der Waals surface area (Å²) in [7, 11) is 2.05. The van der Waals surface area contributed by atoms with Gasteiger partial charge in [0.15, 0.2) is 0 Å². The maximum atomic E-state index is 3.47. The lowest BCUT2D eigenvalue weighted by atomic mass is 9.93. The number of nitrogens with one attached hydrogen (secondary N) is 1. The summed E-state index contributed by atoms with van der Waals surface area (Å²) in [5, 5.41) is 3.47. The van der Waals surface area contributed by atoms with Gasteiger partial charge in [0, 0.05) is 6.04 Å². The molecule has 0 spiro atoms. The summed E-state index contributed by atoms with van der Waals surface area (Å²) < 4.78 is 0. The van der Waals surface area contributed by atoms with Crippen LogP contribution in [0.1, 0.15) is 42.1 Å². The third-order valence-electron chi connectivity index (χ3n) is 4.03. The molecule has 2 aromatic carbocycles. The van der Waals surface area contributed by atoms with Gasteiger partial charge in [0.05, 0.1) is 0 Å². The predicted octanol–water partition coefficient (Wildman–Crippen LogP) is 4.31. The first kappa shape index (κ1) is 14.8. The second-order valence-electron chi connectivity index (χ2n) is 5.27. The zero-order chi connectivity index (χ0) is 14.4. The van der Waals surface area contributed by atoms with E-state index in [1.165, 1.54) is 22.3 Å². The Kier molecular flexibility index (Phi) is 5.37. The molecule has 2 aromatic rings. The van der Waals surface area contributed by atoms with E-state index in [1.807, 2.05) is 0 Å². The highest BCUT2D eigenvalue weighted by Gasteiger charge is 2.13. The summed E-state index contributed by atoms with van der Waals surface area (Å²) in [6, 6.07) is 18.2. The zero-order valence-electron chi connectivity index (χ0n) is 12.8. The third-order valence-corrected chi connectivity index (χ3v) is 4.03. The van der Waals surface area contributed by atoms with Gasteiger partial charge in [0.1, 0.15) is 0 Å². The number of aryl methyl sites for hydroxylation is 2. The lowest BCUT2D eigenvalue weighted by molar-refractivity contribution is 0.587. The van der Waals surface area contributed by atoms with Crippen LogP contribution in [0.15, 0.2) is 48.5 Å². The van der Waals surface area contributed by atoms with E-state index in [1.54, 1.807) is 0 Å².